The van der Waals surface area contributed by atoms with Crippen LogP contribution in [-0.2, 0) is 6.18 Å². The maximum atomic E-state index is 12.4. The van der Waals surface area contributed by atoms with E-state index in [1.807, 2.05) is 6.07 Å². The Morgan fingerprint density at radius 3 is 2.56 bits per heavy atom. The second kappa shape index (κ2) is 4.35. The molecule has 0 atom stereocenters. The summed E-state index contributed by atoms with van der Waals surface area (Å²) in [5.41, 5.74) is -0.235. The zero-order valence-corrected chi connectivity index (χ0v) is 9.50. The molecule has 0 spiro atoms. The van der Waals surface area contributed by atoms with Gasteiger partial charge in [-0.15, -0.1) is 0 Å². The third-order valence-corrected chi connectivity index (χ3v) is 2.56. The van der Waals surface area contributed by atoms with Gasteiger partial charge in [-0.3, -0.25) is 0 Å². The Balaban J connectivity index is 2.41. The Morgan fingerprint density at radius 2 is 2.06 bits per heavy atom. The minimum atomic E-state index is -4.44. The number of hydrogen-bond acceptors (Lipinski definition) is 2. The highest BCUT2D eigenvalue weighted by Crippen LogP contribution is 2.29. The van der Waals surface area contributed by atoms with Crippen molar-refractivity contribution in [2.24, 2.45) is 0 Å². The number of halogens is 4. The number of rotatable bonds is 1. The number of alkyl halides is 3. The average molecular weight is 272 g/mol. The van der Waals surface area contributed by atoms with Gasteiger partial charge in [-0.2, -0.15) is 23.5 Å². The molecule has 0 N–H and O–H groups in total. The fourth-order valence-electron chi connectivity index (χ4n) is 1.35. The summed E-state index contributed by atoms with van der Waals surface area (Å²) in [6, 6.07) is 6.14. The van der Waals surface area contributed by atoms with Crippen LogP contribution in [0.4, 0.5) is 13.2 Å². The molecule has 0 bridgehead atoms. The first kappa shape index (κ1) is 12.5. The fourth-order valence-corrected chi connectivity index (χ4v) is 1.56. The molecule has 0 saturated heterocycles. The van der Waals surface area contributed by atoms with E-state index in [1.165, 1.54) is 18.2 Å². The van der Waals surface area contributed by atoms with Crippen LogP contribution in [0.3, 0.4) is 0 Å². The lowest BCUT2D eigenvalue weighted by molar-refractivity contribution is -0.137. The van der Waals surface area contributed by atoms with Crippen molar-refractivity contribution in [3.63, 3.8) is 0 Å². The molecule has 1 aromatic heterocycles. The van der Waals surface area contributed by atoms with Gasteiger partial charge >= 0.3 is 6.18 Å². The van der Waals surface area contributed by atoms with Gasteiger partial charge < -0.3 is 0 Å². The zero-order chi connectivity index (χ0) is 13.3. The van der Waals surface area contributed by atoms with Gasteiger partial charge in [0.15, 0.2) is 0 Å². The van der Waals surface area contributed by atoms with Gasteiger partial charge in [0.05, 0.1) is 28.0 Å². The lowest BCUT2D eigenvalue weighted by atomic mass is 10.2. The highest BCUT2D eigenvalue weighted by Gasteiger charge is 2.32. The van der Waals surface area contributed by atoms with Crippen LogP contribution in [0.2, 0.25) is 5.02 Å². The molecule has 92 valence electrons. The van der Waals surface area contributed by atoms with E-state index in [0.717, 1.165) is 17.1 Å². The standard InChI is InChI=1S/C11H5ClF3N3/c12-10-3-9(2-1-7(10)4-16)18-6-8(5-17-18)11(13,14)15/h1-3,5-6H. The first-order valence-electron chi connectivity index (χ1n) is 4.73. The molecule has 2 rings (SSSR count). The summed E-state index contributed by atoms with van der Waals surface area (Å²) in [5, 5.41) is 12.5. The maximum absolute atomic E-state index is 12.4. The SMILES string of the molecule is N#Cc1ccc(-n2cc(C(F)(F)F)cn2)cc1Cl. The Morgan fingerprint density at radius 1 is 1.33 bits per heavy atom. The quantitative estimate of drug-likeness (QED) is 0.797. The second-order valence-electron chi connectivity index (χ2n) is 3.45. The predicted octanol–water partition coefficient (Wildman–Crippen LogP) is 3.42. The van der Waals surface area contributed by atoms with Crippen LogP contribution in [0.25, 0.3) is 5.69 Å². The van der Waals surface area contributed by atoms with Crippen molar-refractivity contribution in [3.8, 4) is 11.8 Å². The van der Waals surface area contributed by atoms with Crippen molar-refractivity contribution in [2.45, 2.75) is 6.18 Å². The van der Waals surface area contributed by atoms with Crippen LogP contribution in [0, 0.1) is 11.3 Å². The van der Waals surface area contributed by atoms with Crippen molar-refractivity contribution in [1.29, 1.82) is 5.26 Å². The van der Waals surface area contributed by atoms with Crippen LogP contribution in [-0.4, -0.2) is 9.78 Å². The van der Waals surface area contributed by atoms with E-state index in [2.05, 4.69) is 5.10 Å². The van der Waals surface area contributed by atoms with E-state index in [4.69, 9.17) is 16.9 Å². The Bertz CT molecular complexity index is 625. The molecule has 2 aromatic rings. The maximum Gasteiger partial charge on any atom is 0.419 e. The molecule has 7 heteroatoms. The van der Waals surface area contributed by atoms with E-state index in [0.29, 0.717) is 5.69 Å². The van der Waals surface area contributed by atoms with Crippen molar-refractivity contribution in [2.75, 3.05) is 0 Å². The molecule has 0 aliphatic heterocycles. The molecule has 0 fully saturated rings. The molecule has 0 aliphatic rings. The van der Waals surface area contributed by atoms with Crippen LogP contribution >= 0.6 is 11.6 Å². The topological polar surface area (TPSA) is 41.6 Å². The minimum absolute atomic E-state index is 0.166. The van der Waals surface area contributed by atoms with Gasteiger partial charge in [-0.05, 0) is 18.2 Å². The average Bonchev–Trinajstić information content (AvgIpc) is 2.77. The smallest absolute Gasteiger partial charge is 0.240 e. The van der Waals surface area contributed by atoms with Crippen molar-refractivity contribution in [1.82, 2.24) is 9.78 Å². The van der Waals surface area contributed by atoms with Crippen LogP contribution in [0.1, 0.15) is 11.1 Å². The van der Waals surface area contributed by atoms with E-state index in [9.17, 15) is 13.2 Å². The number of nitriles is 1. The molecule has 18 heavy (non-hydrogen) atoms. The second-order valence-corrected chi connectivity index (χ2v) is 3.85. The Kier molecular flexibility index (Phi) is 3.01. The van der Waals surface area contributed by atoms with Crippen molar-refractivity contribution < 1.29 is 13.2 Å². The van der Waals surface area contributed by atoms with Gasteiger partial charge in [0, 0.05) is 6.20 Å². The molecular weight excluding hydrogens is 267 g/mol. The van der Waals surface area contributed by atoms with Gasteiger partial charge in [0.2, 0.25) is 0 Å². The molecule has 0 saturated carbocycles. The highest BCUT2D eigenvalue weighted by molar-refractivity contribution is 6.31. The molecule has 3 nitrogen and oxygen atoms in total. The van der Waals surface area contributed by atoms with Crippen LogP contribution in [0.15, 0.2) is 30.6 Å². The van der Waals surface area contributed by atoms with E-state index >= 15 is 0 Å². The minimum Gasteiger partial charge on any atom is -0.240 e. The van der Waals surface area contributed by atoms with Gasteiger partial charge in [0.25, 0.3) is 0 Å². The molecule has 1 heterocycles. The summed E-state index contributed by atoms with van der Waals surface area (Å²) in [6.07, 6.45) is -2.85. The number of nitrogens with zero attached hydrogens (tertiary/aromatic N) is 3. The Hall–Kier alpha value is -2.00. The fraction of sp³-hybridized carbons (Fsp3) is 0.0909. The number of hydrogen-bond donors (Lipinski definition) is 0. The van der Waals surface area contributed by atoms with Gasteiger partial charge in [0.1, 0.15) is 6.07 Å². The highest BCUT2D eigenvalue weighted by atomic mass is 35.5. The Labute approximate surface area is 105 Å². The number of aromatic nitrogens is 2. The molecule has 0 aliphatic carbocycles. The van der Waals surface area contributed by atoms with Crippen molar-refractivity contribution in [3.05, 3.63) is 46.7 Å². The third kappa shape index (κ3) is 2.31. The van der Waals surface area contributed by atoms with Crippen LogP contribution < -0.4 is 0 Å². The monoisotopic (exact) mass is 271 g/mol. The summed E-state index contributed by atoms with van der Waals surface area (Å²) >= 11 is 5.79. The molecule has 0 radical (unpaired) electrons. The lowest BCUT2D eigenvalue weighted by Crippen LogP contribution is -2.03. The molecule has 0 amide bonds. The summed E-state index contributed by atoms with van der Waals surface area (Å²) in [4.78, 5) is 0. The predicted molar refractivity (Wildman–Crippen MR) is 58.3 cm³/mol. The molecule has 0 unspecified atom stereocenters. The summed E-state index contributed by atoms with van der Waals surface area (Å²) in [5.74, 6) is 0. The first-order chi connectivity index (χ1) is 8.41. The molecule has 1 aromatic carbocycles. The van der Waals surface area contributed by atoms with E-state index < -0.39 is 11.7 Å². The summed E-state index contributed by atoms with van der Waals surface area (Å²) < 4.78 is 38.2. The normalized spacial score (nSPS) is 11.3. The van der Waals surface area contributed by atoms with Gasteiger partial charge in [-0.1, -0.05) is 11.6 Å². The summed E-state index contributed by atoms with van der Waals surface area (Å²) in [6.45, 7) is 0. The third-order valence-electron chi connectivity index (χ3n) is 2.25. The number of benzene rings is 1. The van der Waals surface area contributed by atoms with E-state index in [-0.39, 0.29) is 10.6 Å². The zero-order valence-electron chi connectivity index (χ0n) is 8.74. The molecular formula is C11H5ClF3N3. The van der Waals surface area contributed by atoms with Crippen molar-refractivity contribution >= 4 is 11.6 Å². The first-order valence-corrected chi connectivity index (χ1v) is 5.11. The lowest BCUT2D eigenvalue weighted by Gasteiger charge is -2.03. The summed E-state index contributed by atoms with van der Waals surface area (Å²) in [7, 11) is 0. The van der Waals surface area contributed by atoms with Crippen LogP contribution in [0.5, 0.6) is 0 Å². The van der Waals surface area contributed by atoms with Gasteiger partial charge in [-0.25, -0.2) is 4.68 Å². The van der Waals surface area contributed by atoms with E-state index in [1.54, 1.807) is 0 Å². The largest absolute Gasteiger partial charge is 0.419 e.